The second-order valence-corrected chi connectivity index (χ2v) is 6.55. The van der Waals surface area contributed by atoms with Crippen LogP contribution in [0, 0.1) is 11.8 Å². The fourth-order valence-electron chi connectivity index (χ4n) is 2.42. The van der Waals surface area contributed by atoms with E-state index in [4.69, 9.17) is 16.3 Å². The average molecular weight is 328 g/mol. The van der Waals surface area contributed by atoms with Gasteiger partial charge in [0.25, 0.3) is 0 Å². The third-order valence-electron chi connectivity index (χ3n) is 3.66. The Labute approximate surface area is 133 Å². The number of rotatable bonds is 4. The monoisotopic (exact) mass is 327 g/mol. The van der Waals surface area contributed by atoms with E-state index in [1.807, 2.05) is 25.1 Å². The molecule has 1 heterocycles. The average Bonchev–Trinajstić information content (AvgIpc) is 2.87. The predicted molar refractivity (Wildman–Crippen MR) is 83.4 cm³/mol. The predicted octanol–water partition coefficient (Wildman–Crippen LogP) is 2.70. The van der Waals surface area contributed by atoms with Crippen molar-refractivity contribution in [2.75, 3.05) is 26.0 Å². The molecule has 1 aromatic carbocycles. The number of thioether (sulfide) groups is 1. The van der Waals surface area contributed by atoms with Crippen LogP contribution >= 0.6 is 23.4 Å². The van der Waals surface area contributed by atoms with Crippen molar-refractivity contribution in [3.05, 3.63) is 29.3 Å². The maximum atomic E-state index is 12.2. The molecule has 1 aliphatic heterocycles. The lowest BCUT2D eigenvalue weighted by Crippen LogP contribution is -2.31. The Hall–Kier alpha value is -1.20. The molecule has 1 fully saturated rings. The number of ether oxygens (including phenoxy) is 1. The van der Waals surface area contributed by atoms with Gasteiger partial charge >= 0.3 is 5.97 Å². The van der Waals surface area contributed by atoms with Crippen molar-refractivity contribution in [2.24, 2.45) is 11.8 Å². The second-order valence-electron chi connectivity index (χ2n) is 5.12. The SMILES string of the molecule is COC(=O)C1CN(C(=O)CSc2ccccc2Cl)CC1C. The van der Waals surface area contributed by atoms with Gasteiger partial charge in [0.1, 0.15) is 0 Å². The summed E-state index contributed by atoms with van der Waals surface area (Å²) in [6.45, 7) is 3.01. The van der Waals surface area contributed by atoms with E-state index in [1.54, 1.807) is 11.0 Å². The molecule has 2 unspecified atom stereocenters. The Morgan fingerprint density at radius 2 is 2.10 bits per heavy atom. The lowest BCUT2D eigenvalue weighted by atomic mass is 9.99. The van der Waals surface area contributed by atoms with Gasteiger partial charge in [-0.05, 0) is 18.1 Å². The van der Waals surface area contributed by atoms with Crippen LogP contribution in [0.15, 0.2) is 29.2 Å². The third-order valence-corrected chi connectivity index (χ3v) is 5.16. The molecule has 1 aromatic rings. The molecule has 0 N–H and O–H groups in total. The summed E-state index contributed by atoms with van der Waals surface area (Å²) in [5, 5.41) is 0.650. The van der Waals surface area contributed by atoms with E-state index in [0.29, 0.717) is 23.9 Å². The zero-order valence-electron chi connectivity index (χ0n) is 12.0. The number of methoxy groups -OCH3 is 1. The summed E-state index contributed by atoms with van der Waals surface area (Å²) in [4.78, 5) is 26.5. The number of amides is 1. The quantitative estimate of drug-likeness (QED) is 0.630. The van der Waals surface area contributed by atoms with Crippen molar-refractivity contribution < 1.29 is 14.3 Å². The first kappa shape index (κ1) is 16.2. The lowest BCUT2D eigenvalue weighted by molar-refractivity contribution is -0.146. The summed E-state index contributed by atoms with van der Waals surface area (Å²) in [5.41, 5.74) is 0. The minimum absolute atomic E-state index is 0.0261. The van der Waals surface area contributed by atoms with Crippen LogP contribution < -0.4 is 0 Å². The van der Waals surface area contributed by atoms with Gasteiger partial charge in [0, 0.05) is 18.0 Å². The van der Waals surface area contributed by atoms with Crippen molar-refractivity contribution in [3.8, 4) is 0 Å². The second kappa shape index (κ2) is 7.18. The molecular formula is C15H18ClNO3S. The Balaban J connectivity index is 1.90. The summed E-state index contributed by atoms with van der Waals surface area (Å²) < 4.78 is 4.78. The largest absolute Gasteiger partial charge is 0.469 e. The third kappa shape index (κ3) is 3.92. The highest BCUT2D eigenvalue weighted by atomic mass is 35.5. The molecule has 1 aliphatic rings. The minimum atomic E-state index is -0.239. The van der Waals surface area contributed by atoms with Crippen molar-refractivity contribution in [1.29, 1.82) is 0 Å². The molecule has 0 saturated carbocycles. The fourth-order valence-corrected chi connectivity index (χ4v) is 3.56. The summed E-state index contributed by atoms with van der Waals surface area (Å²) in [6.07, 6.45) is 0. The van der Waals surface area contributed by atoms with E-state index < -0.39 is 0 Å². The molecule has 4 nitrogen and oxygen atoms in total. The number of halogens is 1. The van der Waals surface area contributed by atoms with Gasteiger partial charge in [-0.1, -0.05) is 30.7 Å². The van der Waals surface area contributed by atoms with Gasteiger partial charge in [-0.3, -0.25) is 9.59 Å². The summed E-state index contributed by atoms with van der Waals surface area (Å²) >= 11 is 7.49. The Bertz CT molecular complexity index is 537. The van der Waals surface area contributed by atoms with Crippen LogP contribution in [-0.2, 0) is 14.3 Å². The van der Waals surface area contributed by atoms with Crippen LogP contribution in [-0.4, -0.2) is 42.7 Å². The molecule has 0 bridgehead atoms. The van der Waals surface area contributed by atoms with Gasteiger partial charge in [0.2, 0.25) is 5.91 Å². The van der Waals surface area contributed by atoms with Gasteiger partial charge in [-0.25, -0.2) is 0 Å². The van der Waals surface area contributed by atoms with Gasteiger partial charge in [0.15, 0.2) is 0 Å². The Morgan fingerprint density at radius 1 is 1.38 bits per heavy atom. The molecule has 1 saturated heterocycles. The van der Waals surface area contributed by atoms with E-state index in [9.17, 15) is 9.59 Å². The van der Waals surface area contributed by atoms with E-state index in [0.717, 1.165) is 4.90 Å². The summed E-state index contributed by atoms with van der Waals surface area (Å²) in [5.74, 6) is 0.0235. The summed E-state index contributed by atoms with van der Waals surface area (Å²) in [7, 11) is 1.38. The van der Waals surface area contributed by atoms with Gasteiger partial charge in [-0.15, -0.1) is 11.8 Å². The fraction of sp³-hybridized carbons (Fsp3) is 0.467. The molecule has 0 aliphatic carbocycles. The number of nitrogens with zero attached hydrogens (tertiary/aromatic N) is 1. The van der Waals surface area contributed by atoms with Crippen LogP contribution in [0.3, 0.4) is 0 Å². The highest BCUT2D eigenvalue weighted by Gasteiger charge is 2.37. The number of likely N-dealkylation sites (tertiary alicyclic amines) is 1. The molecule has 0 radical (unpaired) electrons. The maximum absolute atomic E-state index is 12.2. The number of carbonyl (C=O) groups excluding carboxylic acids is 2. The zero-order valence-corrected chi connectivity index (χ0v) is 13.6. The van der Waals surface area contributed by atoms with Crippen LogP contribution in [0.5, 0.6) is 0 Å². The molecule has 0 spiro atoms. The molecule has 0 aromatic heterocycles. The first-order valence-electron chi connectivity index (χ1n) is 6.76. The van der Waals surface area contributed by atoms with E-state index in [1.165, 1.54) is 18.9 Å². The molecular weight excluding hydrogens is 310 g/mol. The summed E-state index contributed by atoms with van der Waals surface area (Å²) in [6, 6.07) is 7.45. The number of esters is 1. The van der Waals surface area contributed by atoms with Crippen LogP contribution in [0.1, 0.15) is 6.92 Å². The standard InChI is InChI=1S/C15H18ClNO3S/c1-10-7-17(8-11(10)15(19)20-2)14(18)9-21-13-6-4-3-5-12(13)16/h3-6,10-11H,7-9H2,1-2H3. The first-order valence-corrected chi connectivity index (χ1v) is 8.12. The first-order chi connectivity index (χ1) is 10.0. The molecule has 6 heteroatoms. The molecule has 21 heavy (non-hydrogen) atoms. The normalized spacial score (nSPS) is 21.4. The maximum Gasteiger partial charge on any atom is 0.310 e. The number of carbonyl (C=O) groups is 2. The van der Waals surface area contributed by atoms with E-state index >= 15 is 0 Å². The lowest BCUT2D eigenvalue weighted by Gasteiger charge is -2.16. The number of hydrogen-bond donors (Lipinski definition) is 0. The molecule has 114 valence electrons. The number of benzene rings is 1. The van der Waals surface area contributed by atoms with Crippen LogP contribution in [0.25, 0.3) is 0 Å². The smallest absolute Gasteiger partial charge is 0.310 e. The Kier molecular flexibility index (Phi) is 5.53. The van der Waals surface area contributed by atoms with Gasteiger partial charge in [0.05, 0.1) is 23.8 Å². The topological polar surface area (TPSA) is 46.6 Å². The van der Waals surface area contributed by atoms with E-state index in [2.05, 4.69) is 0 Å². The minimum Gasteiger partial charge on any atom is -0.469 e. The zero-order chi connectivity index (χ0) is 15.4. The van der Waals surface area contributed by atoms with Crippen molar-refractivity contribution in [1.82, 2.24) is 4.90 Å². The van der Waals surface area contributed by atoms with Crippen LogP contribution in [0.4, 0.5) is 0 Å². The van der Waals surface area contributed by atoms with Crippen molar-refractivity contribution in [3.63, 3.8) is 0 Å². The van der Waals surface area contributed by atoms with Crippen molar-refractivity contribution in [2.45, 2.75) is 11.8 Å². The van der Waals surface area contributed by atoms with Crippen molar-refractivity contribution >= 4 is 35.2 Å². The Morgan fingerprint density at radius 3 is 2.76 bits per heavy atom. The molecule has 2 rings (SSSR count). The van der Waals surface area contributed by atoms with Gasteiger partial charge in [-0.2, -0.15) is 0 Å². The van der Waals surface area contributed by atoms with Gasteiger partial charge < -0.3 is 9.64 Å². The molecule has 2 atom stereocenters. The van der Waals surface area contributed by atoms with E-state index in [-0.39, 0.29) is 23.7 Å². The highest BCUT2D eigenvalue weighted by Crippen LogP contribution is 2.29. The molecule has 1 amide bonds. The number of hydrogen-bond acceptors (Lipinski definition) is 4. The van der Waals surface area contributed by atoms with Crippen LogP contribution in [0.2, 0.25) is 5.02 Å². The highest BCUT2D eigenvalue weighted by molar-refractivity contribution is 8.00.